The van der Waals surface area contributed by atoms with Gasteiger partial charge in [0.2, 0.25) is 10.0 Å². The average Bonchev–Trinajstić information content (AvgIpc) is 2.79. The molecule has 0 saturated carbocycles. The number of para-hydroxylation sites is 1. The van der Waals surface area contributed by atoms with E-state index < -0.39 is 28.0 Å². The fraction of sp³-hybridized carbons (Fsp3) is 0.417. The number of nitrogens with zero attached hydrogens (tertiary/aromatic N) is 1. The molecule has 2 aromatic rings. The smallest absolute Gasteiger partial charge is 0.338 e. The van der Waals surface area contributed by atoms with Crippen LogP contribution in [0, 0.1) is 0 Å². The Morgan fingerprint density at radius 3 is 2.12 bits per heavy atom. The SMILES string of the molecule is CCC(C)c1ccccc1NC(=O)C(C)OC(=O)c1ccc(S(=O)(=O)N(CC)CC)cc1. The van der Waals surface area contributed by atoms with Gasteiger partial charge in [-0.25, -0.2) is 13.2 Å². The van der Waals surface area contributed by atoms with E-state index in [-0.39, 0.29) is 16.4 Å². The zero-order chi connectivity index (χ0) is 23.9. The third kappa shape index (κ3) is 5.95. The first kappa shape index (κ1) is 25.5. The van der Waals surface area contributed by atoms with E-state index in [1.165, 1.54) is 35.5 Å². The molecule has 1 amide bonds. The largest absolute Gasteiger partial charge is 0.449 e. The van der Waals surface area contributed by atoms with Gasteiger partial charge in [0.25, 0.3) is 5.91 Å². The van der Waals surface area contributed by atoms with E-state index in [2.05, 4.69) is 19.2 Å². The van der Waals surface area contributed by atoms with Crippen molar-refractivity contribution in [3.05, 3.63) is 59.7 Å². The van der Waals surface area contributed by atoms with Gasteiger partial charge in [0, 0.05) is 18.8 Å². The Morgan fingerprint density at radius 1 is 0.969 bits per heavy atom. The molecule has 1 N–H and O–H groups in total. The van der Waals surface area contributed by atoms with Crippen LogP contribution in [0.4, 0.5) is 5.69 Å². The minimum absolute atomic E-state index is 0.102. The maximum Gasteiger partial charge on any atom is 0.338 e. The maximum atomic E-state index is 12.6. The standard InChI is InChI=1S/C24H32N2O5S/c1-6-17(4)21-11-9-10-12-22(21)25-23(27)18(5)31-24(28)19-13-15-20(16-14-19)32(29,30)26(7-2)8-3/h9-18H,6-8H2,1-5H3,(H,25,27). The summed E-state index contributed by atoms with van der Waals surface area (Å²) in [4.78, 5) is 25.2. The molecule has 0 bridgehead atoms. The highest BCUT2D eigenvalue weighted by atomic mass is 32.2. The number of benzene rings is 2. The molecule has 0 heterocycles. The highest BCUT2D eigenvalue weighted by Crippen LogP contribution is 2.26. The molecule has 2 atom stereocenters. The summed E-state index contributed by atoms with van der Waals surface area (Å²) in [6.07, 6.45) is -0.0937. The van der Waals surface area contributed by atoms with Crippen LogP contribution in [0.2, 0.25) is 0 Å². The number of carbonyl (C=O) groups is 2. The quantitative estimate of drug-likeness (QED) is 0.530. The van der Waals surface area contributed by atoms with Crippen molar-refractivity contribution in [3.63, 3.8) is 0 Å². The van der Waals surface area contributed by atoms with Crippen LogP contribution in [-0.4, -0.2) is 43.8 Å². The number of hydrogen-bond acceptors (Lipinski definition) is 5. The van der Waals surface area contributed by atoms with Crippen molar-refractivity contribution in [3.8, 4) is 0 Å². The van der Waals surface area contributed by atoms with Gasteiger partial charge in [-0.1, -0.05) is 45.9 Å². The van der Waals surface area contributed by atoms with Crippen molar-refractivity contribution in [2.75, 3.05) is 18.4 Å². The van der Waals surface area contributed by atoms with Crippen molar-refractivity contribution in [2.45, 2.75) is 58.0 Å². The van der Waals surface area contributed by atoms with E-state index in [1.807, 2.05) is 24.3 Å². The lowest BCUT2D eigenvalue weighted by Gasteiger charge is -2.19. The number of hydrogen-bond donors (Lipinski definition) is 1. The summed E-state index contributed by atoms with van der Waals surface area (Å²) in [5.41, 5.74) is 1.88. The number of nitrogens with one attached hydrogen (secondary N) is 1. The zero-order valence-corrected chi connectivity index (χ0v) is 20.1. The van der Waals surface area contributed by atoms with Gasteiger partial charge in [0.1, 0.15) is 0 Å². The summed E-state index contributed by atoms with van der Waals surface area (Å²) in [5.74, 6) is -0.861. The molecular formula is C24H32N2O5S. The number of ether oxygens (including phenoxy) is 1. The molecule has 0 saturated heterocycles. The predicted octanol–water partition coefficient (Wildman–Crippen LogP) is 4.41. The van der Waals surface area contributed by atoms with E-state index in [4.69, 9.17) is 4.74 Å². The molecule has 0 aliphatic heterocycles. The summed E-state index contributed by atoms with van der Waals surface area (Å²) in [5, 5.41) is 2.84. The Kier molecular flexibility index (Phi) is 8.98. The second-order valence-electron chi connectivity index (χ2n) is 7.55. The van der Waals surface area contributed by atoms with Crippen molar-refractivity contribution >= 4 is 27.6 Å². The number of carbonyl (C=O) groups excluding carboxylic acids is 2. The highest BCUT2D eigenvalue weighted by Gasteiger charge is 2.23. The minimum Gasteiger partial charge on any atom is -0.449 e. The van der Waals surface area contributed by atoms with Crippen molar-refractivity contribution in [2.24, 2.45) is 0 Å². The van der Waals surface area contributed by atoms with Crippen LogP contribution in [0.5, 0.6) is 0 Å². The molecule has 0 aromatic heterocycles. The number of amides is 1. The highest BCUT2D eigenvalue weighted by molar-refractivity contribution is 7.89. The molecule has 7 nitrogen and oxygen atoms in total. The first-order valence-corrected chi connectivity index (χ1v) is 12.3. The topological polar surface area (TPSA) is 92.8 Å². The second kappa shape index (κ2) is 11.2. The molecule has 174 valence electrons. The number of anilines is 1. The van der Waals surface area contributed by atoms with Crippen LogP contribution in [0.25, 0.3) is 0 Å². The van der Waals surface area contributed by atoms with Gasteiger partial charge in [-0.05, 0) is 55.2 Å². The van der Waals surface area contributed by atoms with Gasteiger partial charge >= 0.3 is 5.97 Å². The van der Waals surface area contributed by atoms with E-state index in [9.17, 15) is 18.0 Å². The third-order valence-electron chi connectivity index (χ3n) is 5.45. The lowest BCUT2D eigenvalue weighted by atomic mass is 9.97. The van der Waals surface area contributed by atoms with Gasteiger partial charge in [-0.3, -0.25) is 4.79 Å². The lowest BCUT2D eigenvalue weighted by Crippen LogP contribution is -2.31. The minimum atomic E-state index is -3.61. The predicted molar refractivity (Wildman–Crippen MR) is 125 cm³/mol. The van der Waals surface area contributed by atoms with Crippen LogP contribution in [0.3, 0.4) is 0 Å². The molecule has 32 heavy (non-hydrogen) atoms. The number of esters is 1. The fourth-order valence-corrected chi connectivity index (χ4v) is 4.71. The van der Waals surface area contributed by atoms with Gasteiger partial charge in [0.05, 0.1) is 10.5 Å². The molecule has 0 radical (unpaired) electrons. The molecule has 0 spiro atoms. The van der Waals surface area contributed by atoms with Gasteiger partial charge < -0.3 is 10.1 Å². The van der Waals surface area contributed by atoms with Gasteiger partial charge in [0.15, 0.2) is 6.10 Å². The Morgan fingerprint density at radius 2 is 1.56 bits per heavy atom. The first-order chi connectivity index (χ1) is 15.1. The maximum absolute atomic E-state index is 12.6. The Labute approximate surface area is 190 Å². The molecule has 0 aliphatic rings. The van der Waals surface area contributed by atoms with Gasteiger partial charge in [-0.2, -0.15) is 4.31 Å². The molecule has 2 unspecified atom stereocenters. The van der Waals surface area contributed by atoms with Crippen LogP contribution in [-0.2, 0) is 19.6 Å². The molecule has 0 aliphatic carbocycles. The van der Waals surface area contributed by atoms with Gasteiger partial charge in [-0.15, -0.1) is 0 Å². The van der Waals surface area contributed by atoms with E-state index >= 15 is 0 Å². The Hall–Kier alpha value is -2.71. The zero-order valence-electron chi connectivity index (χ0n) is 19.3. The van der Waals surface area contributed by atoms with Crippen LogP contribution >= 0.6 is 0 Å². The van der Waals surface area contributed by atoms with E-state index in [0.29, 0.717) is 18.8 Å². The van der Waals surface area contributed by atoms with Crippen LogP contribution in [0.1, 0.15) is 62.9 Å². The van der Waals surface area contributed by atoms with Crippen LogP contribution in [0.15, 0.2) is 53.4 Å². The molecule has 2 aromatic carbocycles. The summed E-state index contributed by atoms with van der Waals surface area (Å²) in [6, 6.07) is 13.1. The van der Waals surface area contributed by atoms with Crippen molar-refractivity contribution in [1.29, 1.82) is 0 Å². The molecule has 0 fully saturated rings. The van der Waals surface area contributed by atoms with Crippen LogP contribution < -0.4 is 5.32 Å². The Bertz CT molecular complexity index is 1030. The van der Waals surface area contributed by atoms with E-state index in [1.54, 1.807) is 13.8 Å². The molecular weight excluding hydrogens is 428 g/mol. The normalized spacial score (nSPS) is 13.4. The summed E-state index contributed by atoms with van der Waals surface area (Å²) >= 11 is 0. The van der Waals surface area contributed by atoms with Crippen molar-refractivity contribution in [1.82, 2.24) is 4.31 Å². The molecule has 2 rings (SSSR count). The van der Waals surface area contributed by atoms with Crippen molar-refractivity contribution < 1.29 is 22.7 Å². The molecule has 8 heteroatoms. The first-order valence-electron chi connectivity index (χ1n) is 10.9. The number of sulfonamides is 1. The lowest BCUT2D eigenvalue weighted by molar-refractivity contribution is -0.123. The summed E-state index contributed by atoms with van der Waals surface area (Å²) < 4.78 is 31.8. The monoisotopic (exact) mass is 460 g/mol. The Balaban J connectivity index is 2.07. The van der Waals surface area contributed by atoms with E-state index in [0.717, 1.165) is 12.0 Å². The fourth-order valence-electron chi connectivity index (χ4n) is 3.25. The third-order valence-corrected chi connectivity index (χ3v) is 7.51. The second-order valence-corrected chi connectivity index (χ2v) is 9.48. The number of rotatable bonds is 10. The average molecular weight is 461 g/mol. The summed E-state index contributed by atoms with van der Waals surface area (Å²) in [6.45, 7) is 9.90. The summed E-state index contributed by atoms with van der Waals surface area (Å²) in [7, 11) is -3.61.